The number of hydrogen-bond donors (Lipinski definition) is 2. The number of halogens is 3. The van der Waals surface area contributed by atoms with E-state index in [9.17, 15) is 8.78 Å². The number of nitrogens with zero attached hydrogens (tertiary/aromatic N) is 2. The van der Waals surface area contributed by atoms with Gasteiger partial charge in [-0.15, -0.1) is 0 Å². The molecule has 1 aliphatic carbocycles. The van der Waals surface area contributed by atoms with E-state index in [0.717, 1.165) is 25.0 Å². The van der Waals surface area contributed by atoms with Crippen molar-refractivity contribution in [2.75, 3.05) is 17.7 Å². The van der Waals surface area contributed by atoms with Crippen molar-refractivity contribution in [1.29, 1.82) is 0 Å². The van der Waals surface area contributed by atoms with Gasteiger partial charge in [0.1, 0.15) is 23.3 Å². The SMILES string of the molecule is CNc1cc(Nc2c(F)cc(F)cc2Cl)nc(C2CC2)n1. The summed E-state index contributed by atoms with van der Waals surface area (Å²) in [5.41, 5.74) is 0.000525. The van der Waals surface area contributed by atoms with Gasteiger partial charge in [-0.1, -0.05) is 11.6 Å². The molecule has 4 nitrogen and oxygen atoms in total. The summed E-state index contributed by atoms with van der Waals surface area (Å²) in [6, 6.07) is 3.47. The molecule has 0 aliphatic heterocycles. The minimum Gasteiger partial charge on any atom is -0.373 e. The summed E-state index contributed by atoms with van der Waals surface area (Å²) in [6.45, 7) is 0. The lowest BCUT2D eigenvalue weighted by molar-refractivity contribution is 0.586. The predicted octanol–water partition coefficient (Wildman–Crippen LogP) is 4.07. The second-order valence-electron chi connectivity index (χ2n) is 4.89. The summed E-state index contributed by atoms with van der Waals surface area (Å²) in [5, 5.41) is 5.70. The molecule has 1 aliphatic rings. The first-order valence-corrected chi connectivity index (χ1v) is 6.93. The van der Waals surface area contributed by atoms with Crippen molar-refractivity contribution in [3.63, 3.8) is 0 Å². The quantitative estimate of drug-likeness (QED) is 0.893. The second-order valence-corrected chi connectivity index (χ2v) is 5.30. The number of nitrogens with one attached hydrogen (secondary N) is 2. The van der Waals surface area contributed by atoms with E-state index in [1.807, 2.05) is 0 Å². The number of aromatic nitrogens is 2. The molecule has 1 heterocycles. The molecule has 0 saturated heterocycles. The van der Waals surface area contributed by atoms with Gasteiger partial charge < -0.3 is 10.6 Å². The Bertz CT molecular complexity index is 666. The van der Waals surface area contributed by atoms with Gasteiger partial charge >= 0.3 is 0 Å². The smallest absolute Gasteiger partial charge is 0.151 e. The Morgan fingerprint density at radius 3 is 2.48 bits per heavy atom. The number of rotatable bonds is 4. The monoisotopic (exact) mass is 310 g/mol. The molecule has 3 rings (SSSR count). The second kappa shape index (κ2) is 5.44. The Kier molecular flexibility index (Phi) is 3.63. The first-order valence-electron chi connectivity index (χ1n) is 6.55. The molecular formula is C14H13ClF2N4. The maximum absolute atomic E-state index is 13.8. The van der Waals surface area contributed by atoms with Crippen LogP contribution in [0.3, 0.4) is 0 Å². The van der Waals surface area contributed by atoms with Gasteiger partial charge in [0.15, 0.2) is 5.82 Å². The van der Waals surface area contributed by atoms with Crippen LogP contribution in [0.5, 0.6) is 0 Å². The average molecular weight is 311 g/mol. The van der Waals surface area contributed by atoms with E-state index in [2.05, 4.69) is 20.6 Å². The van der Waals surface area contributed by atoms with Crippen LogP contribution in [-0.4, -0.2) is 17.0 Å². The molecule has 110 valence electrons. The summed E-state index contributed by atoms with van der Waals surface area (Å²) >= 11 is 5.87. The van der Waals surface area contributed by atoms with Crippen LogP contribution in [0, 0.1) is 11.6 Å². The van der Waals surface area contributed by atoms with Gasteiger partial charge in [0.2, 0.25) is 0 Å². The highest BCUT2D eigenvalue weighted by atomic mass is 35.5. The van der Waals surface area contributed by atoms with Crippen molar-refractivity contribution in [3.8, 4) is 0 Å². The minimum absolute atomic E-state index is 0.000525. The number of benzene rings is 1. The lowest BCUT2D eigenvalue weighted by Crippen LogP contribution is -2.04. The van der Waals surface area contributed by atoms with Crippen LogP contribution in [0.4, 0.5) is 26.1 Å². The van der Waals surface area contributed by atoms with Crippen LogP contribution in [-0.2, 0) is 0 Å². The first kappa shape index (κ1) is 14.0. The van der Waals surface area contributed by atoms with E-state index < -0.39 is 11.6 Å². The van der Waals surface area contributed by atoms with E-state index in [1.54, 1.807) is 13.1 Å². The number of anilines is 3. The summed E-state index contributed by atoms with van der Waals surface area (Å²) in [5.74, 6) is 0.630. The fourth-order valence-corrected chi connectivity index (χ4v) is 2.21. The van der Waals surface area contributed by atoms with Gasteiger partial charge in [0, 0.05) is 25.1 Å². The van der Waals surface area contributed by atoms with Crippen LogP contribution in [0.1, 0.15) is 24.6 Å². The third-order valence-electron chi connectivity index (χ3n) is 3.20. The van der Waals surface area contributed by atoms with Crippen molar-refractivity contribution in [2.45, 2.75) is 18.8 Å². The Hall–Kier alpha value is -1.95. The van der Waals surface area contributed by atoms with Crippen LogP contribution in [0.25, 0.3) is 0 Å². The largest absolute Gasteiger partial charge is 0.373 e. The molecular weight excluding hydrogens is 298 g/mol. The average Bonchev–Trinajstić information content (AvgIpc) is 3.27. The maximum Gasteiger partial charge on any atom is 0.151 e. The summed E-state index contributed by atoms with van der Waals surface area (Å²) in [4.78, 5) is 8.73. The van der Waals surface area contributed by atoms with Crippen LogP contribution < -0.4 is 10.6 Å². The fraction of sp³-hybridized carbons (Fsp3) is 0.286. The molecule has 0 bridgehead atoms. The molecule has 0 atom stereocenters. The topological polar surface area (TPSA) is 49.8 Å². The molecule has 1 saturated carbocycles. The minimum atomic E-state index is -0.766. The lowest BCUT2D eigenvalue weighted by atomic mass is 10.3. The van der Waals surface area contributed by atoms with Gasteiger partial charge in [-0.2, -0.15) is 0 Å². The van der Waals surface area contributed by atoms with E-state index in [4.69, 9.17) is 11.6 Å². The van der Waals surface area contributed by atoms with Gasteiger partial charge in [-0.3, -0.25) is 0 Å². The zero-order valence-electron chi connectivity index (χ0n) is 11.3. The van der Waals surface area contributed by atoms with Crippen LogP contribution >= 0.6 is 11.6 Å². The van der Waals surface area contributed by atoms with Crippen LogP contribution in [0.2, 0.25) is 5.02 Å². The van der Waals surface area contributed by atoms with E-state index in [1.165, 1.54) is 0 Å². The molecule has 1 aromatic heterocycles. The molecule has 2 N–H and O–H groups in total. The van der Waals surface area contributed by atoms with Crippen molar-refractivity contribution < 1.29 is 8.78 Å². The zero-order chi connectivity index (χ0) is 15.0. The standard InChI is InChI=1S/C14H13ClF2N4/c1-18-11-6-12(21-14(20-11)7-2-3-7)19-13-9(15)4-8(16)5-10(13)17/h4-7H,2-3H2,1H3,(H2,18,19,20,21). The highest BCUT2D eigenvalue weighted by Gasteiger charge is 2.27. The molecule has 7 heteroatoms. The molecule has 1 fully saturated rings. The van der Waals surface area contributed by atoms with Crippen LogP contribution in [0.15, 0.2) is 18.2 Å². The van der Waals surface area contributed by atoms with Crippen molar-refractivity contribution >= 4 is 28.9 Å². The van der Waals surface area contributed by atoms with E-state index in [-0.39, 0.29) is 10.7 Å². The maximum atomic E-state index is 13.8. The van der Waals surface area contributed by atoms with Crippen molar-refractivity contribution in [1.82, 2.24) is 9.97 Å². The highest BCUT2D eigenvalue weighted by molar-refractivity contribution is 6.33. The van der Waals surface area contributed by atoms with E-state index >= 15 is 0 Å². The lowest BCUT2D eigenvalue weighted by Gasteiger charge is -2.11. The van der Waals surface area contributed by atoms with Crippen molar-refractivity contribution in [3.05, 3.63) is 40.7 Å². The molecule has 0 unspecified atom stereocenters. The zero-order valence-corrected chi connectivity index (χ0v) is 12.0. The Morgan fingerprint density at radius 1 is 1.14 bits per heavy atom. The molecule has 0 amide bonds. The summed E-state index contributed by atoms with van der Waals surface area (Å²) in [6.07, 6.45) is 2.11. The van der Waals surface area contributed by atoms with Gasteiger partial charge in [0.25, 0.3) is 0 Å². The number of hydrogen-bond acceptors (Lipinski definition) is 4. The highest BCUT2D eigenvalue weighted by Crippen LogP contribution is 2.39. The Morgan fingerprint density at radius 2 is 1.86 bits per heavy atom. The Balaban J connectivity index is 1.96. The van der Waals surface area contributed by atoms with Gasteiger partial charge in [0.05, 0.1) is 10.7 Å². The molecule has 0 spiro atoms. The van der Waals surface area contributed by atoms with Crippen molar-refractivity contribution in [2.24, 2.45) is 0 Å². The molecule has 0 radical (unpaired) electrons. The third-order valence-corrected chi connectivity index (χ3v) is 3.50. The predicted molar refractivity (Wildman–Crippen MR) is 78.2 cm³/mol. The third kappa shape index (κ3) is 3.05. The normalized spacial score (nSPS) is 14.1. The summed E-state index contributed by atoms with van der Waals surface area (Å²) in [7, 11) is 1.74. The molecule has 21 heavy (non-hydrogen) atoms. The van der Waals surface area contributed by atoms with Gasteiger partial charge in [-0.25, -0.2) is 18.7 Å². The fourth-order valence-electron chi connectivity index (χ4n) is 1.97. The van der Waals surface area contributed by atoms with E-state index in [0.29, 0.717) is 23.4 Å². The molecule has 2 aromatic rings. The Labute approximate surface area is 125 Å². The molecule has 1 aromatic carbocycles. The van der Waals surface area contributed by atoms with Gasteiger partial charge in [-0.05, 0) is 18.9 Å². The summed E-state index contributed by atoms with van der Waals surface area (Å²) < 4.78 is 26.9. The first-order chi connectivity index (χ1) is 10.1.